The second-order valence-electron chi connectivity index (χ2n) is 4.04. The van der Waals surface area contributed by atoms with Gasteiger partial charge in [-0.25, -0.2) is 0 Å². The molecule has 0 aliphatic carbocycles. The largest absolute Gasteiger partial charge is 0.332 e. The van der Waals surface area contributed by atoms with Crippen LogP contribution in [0.15, 0.2) is 47.8 Å². The maximum absolute atomic E-state index is 2.38. The van der Waals surface area contributed by atoms with Gasteiger partial charge in [0.15, 0.2) is 0 Å². The van der Waals surface area contributed by atoms with Crippen LogP contribution in [-0.2, 0) is 6.54 Å². The molecule has 0 aliphatic rings. The quantitative estimate of drug-likeness (QED) is 0.622. The number of aryl methyl sites for hydroxylation is 1. The van der Waals surface area contributed by atoms with Crippen LogP contribution in [0.2, 0.25) is 0 Å². The standard InChI is InChI=1S/C14H13NS/c1-11-9-13-7-8-16-14(13)15(11)10-12-5-3-2-4-6-12/h2-9H,10H2,1H3. The van der Waals surface area contributed by atoms with E-state index in [1.807, 2.05) is 11.3 Å². The Hall–Kier alpha value is -1.54. The summed E-state index contributed by atoms with van der Waals surface area (Å²) in [5.41, 5.74) is 2.70. The lowest BCUT2D eigenvalue weighted by molar-refractivity contribution is 0.810. The molecule has 2 heterocycles. The van der Waals surface area contributed by atoms with Gasteiger partial charge in [-0.1, -0.05) is 30.3 Å². The van der Waals surface area contributed by atoms with E-state index in [0.717, 1.165) is 6.54 Å². The van der Waals surface area contributed by atoms with Crippen LogP contribution in [0.4, 0.5) is 0 Å². The normalized spacial score (nSPS) is 11.1. The molecule has 3 rings (SSSR count). The summed E-state index contributed by atoms with van der Waals surface area (Å²) >= 11 is 1.82. The summed E-state index contributed by atoms with van der Waals surface area (Å²) in [6.45, 7) is 3.15. The molecular weight excluding hydrogens is 214 g/mol. The Morgan fingerprint density at radius 2 is 1.94 bits per heavy atom. The number of fused-ring (bicyclic) bond motifs is 1. The summed E-state index contributed by atoms with van der Waals surface area (Å²) in [6, 6.07) is 15.1. The van der Waals surface area contributed by atoms with Gasteiger partial charge in [-0.05, 0) is 30.0 Å². The van der Waals surface area contributed by atoms with Crippen molar-refractivity contribution >= 4 is 21.6 Å². The van der Waals surface area contributed by atoms with Crippen LogP contribution in [0.5, 0.6) is 0 Å². The number of aromatic nitrogens is 1. The van der Waals surface area contributed by atoms with E-state index in [-0.39, 0.29) is 0 Å². The van der Waals surface area contributed by atoms with Crippen molar-refractivity contribution in [3.63, 3.8) is 0 Å². The molecular formula is C14H13NS. The number of thiophene rings is 1. The molecule has 0 aliphatic heterocycles. The van der Waals surface area contributed by atoms with Crippen molar-refractivity contribution in [1.29, 1.82) is 0 Å². The first-order valence-electron chi connectivity index (χ1n) is 5.42. The molecule has 0 saturated carbocycles. The van der Waals surface area contributed by atoms with Gasteiger partial charge in [-0.3, -0.25) is 0 Å². The second-order valence-corrected chi connectivity index (χ2v) is 4.93. The molecule has 0 spiro atoms. The lowest BCUT2D eigenvalue weighted by atomic mass is 10.2. The molecule has 2 aromatic heterocycles. The average molecular weight is 227 g/mol. The predicted octanol–water partition coefficient (Wildman–Crippen LogP) is 4.06. The molecule has 0 amide bonds. The summed E-state index contributed by atoms with van der Waals surface area (Å²) < 4.78 is 2.38. The summed E-state index contributed by atoms with van der Waals surface area (Å²) in [7, 11) is 0. The van der Waals surface area contributed by atoms with E-state index in [4.69, 9.17) is 0 Å². The molecule has 0 radical (unpaired) electrons. The maximum Gasteiger partial charge on any atom is 0.103 e. The van der Waals surface area contributed by atoms with E-state index in [1.54, 1.807) is 0 Å². The number of hydrogen-bond donors (Lipinski definition) is 0. The van der Waals surface area contributed by atoms with Crippen LogP contribution in [0.1, 0.15) is 11.3 Å². The molecule has 0 N–H and O–H groups in total. The van der Waals surface area contributed by atoms with Gasteiger partial charge in [0.1, 0.15) is 4.83 Å². The first-order chi connectivity index (χ1) is 7.84. The highest BCUT2D eigenvalue weighted by Crippen LogP contribution is 2.25. The van der Waals surface area contributed by atoms with Crippen LogP contribution >= 0.6 is 11.3 Å². The van der Waals surface area contributed by atoms with Crippen LogP contribution in [0.25, 0.3) is 10.2 Å². The van der Waals surface area contributed by atoms with Gasteiger partial charge in [0.05, 0.1) is 0 Å². The van der Waals surface area contributed by atoms with E-state index >= 15 is 0 Å². The van der Waals surface area contributed by atoms with Crippen molar-refractivity contribution in [3.8, 4) is 0 Å². The van der Waals surface area contributed by atoms with Crippen LogP contribution in [0, 0.1) is 6.92 Å². The van der Waals surface area contributed by atoms with Crippen molar-refractivity contribution < 1.29 is 0 Å². The molecule has 0 unspecified atom stereocenters. The van der Waals surface area contributed by atoms with Gasteiger partial charge >= 0.3 is 0 Å². The minimum Gasteiger partial charge on any atom is -0.332 e. The summed E-state index contributed by atoms with van der Waals surface area (Å²) in [5, 5.41) is 3.52. The Morgan fingerprint density at radius 1 is 1.12 bits per heavy atom. The van der Waals surface area contributed by atoms with Crippen molar-refractivity contribution in [1.82, 2.24) is 4.57 Å². The predicted molar refractivity (Wildman–Crippen MR) is 70.1 cm³/mol. The van der Waals surface area contributed by atoms with Crippen molar-refractivity contribution in [2.75, 3.05) is 0 Å². The molecule has 2 heteroatoms. The third-order valence-electron chi connectivity index (χ3n) is 2.89. The van der Waals surface area contributed by atoms with E-state index in [9.17, 15) is 0 Å². The molecule has 80 valence electrons. The van der Waals surface area contributed by atoms with Gasteiger partial charge in [-0.15, -0.1) is 11.3 Å². The first-order valence-corrected chi connectivity index (χ1v) is 6.30. The zero-order valence-corrected chi connectivity index (χ0v) is 10.00. The van der Waals surface area contributed by atoms with Gasteiger partial charge in [0.2, 0.25) is 0 Å². The van der Waals surface area contributed by atoms with Gasteiger partial charge < -0.3 is 4.57 Å². The third kappa shape index (κ3) is 1.55. The van der Waals surface area contributed by atoms with E-state index in [0.29, 0.717) is 0 Å². The minimum atomic E-state index is 0.969. The molecule has 3 aromatic rings. The summed E-state index contributed by atoms with van der Waals surface area (Å²) in [5.74, 6) is 0. The first kappa shape index (κ1) is 9.67. The molecule has 0 saturated heterocycles. The zero-order chi connectivity index (χ0) is 11.0. The number of nitrogens with zero attached hydrogens (tertiary/aromatic N) is 1. The van der Waals surface area contributed by atoms with Crippen molar-refractivity contribution in [2.24, 2.45) is 0 Å². The fourth-order valence-corrected chi connectivity index (χ4v) is 3.01. The smallest absolute Gasteiger partial charge is 0.103 e. The van der Waals surface area contributed by atoms with Crippen LogP contribution < -0.4 is 0 Å². The molecule has 0 fully saturated rings. The number of benzene rings is 1. The average Bonchev–Trinajstić information content (AvgIpc) is 2.84. The summed E-state index contributed by atoms with van der Waals surface area (Å²) in [6.07, 6.45) is 0. The van der Waals surface area contributed by atoms with Crippen molar-refractivity contribution in [3.05, 3.63) is 59.1 Å². The van der Waals surface area contributed by atoms with Gasteiger partial charge in [0, 0.05) is 17.6 Å². The second kappa shape index (κ2) is 3.80. The van der Waals surface area contributed by atoms with Gasteiger partial charge in [-0.2, -0.15) is 0 Å². The highest BCUT2D eigenvalue weighted by molar-refractivity contribution is 7.16. The molecule has 16 heavy (non-hydrogen) atoms. The minimum absolute atomic E-state index is 0.969. The SMILES string of the molecule is Cc1cc2ccsc2n1Cc1ccccc1. The highest BCUT2D eigenvalue weighted by atomic mass is 32.1. The summed E-state index contributed by atoms with van der Waals surface area (Å²) in [4.78, 5) is 1.38. The molecule has 1 nitrogen and oxygen atoms in total. The van der Waals surface area contributed by atoms with Crippen LogP contribution in [0.3, 0.4) is 0 Å². The Kier molecular flexibility index (Phi) is 2.29. The Bertz CT molecular complexity index is 604. The molecule has 0 atom stereocenters. The van der Waals surface area contributed by atoms with E-state index in [1.165, 1.54) is 21.5 Å². The van der Waals surface area contributed by atoms with Crippen molar-refractivity contribution in [2.45, 2.75) is 13.5 Å². The Morgan fingerprint density at radius 3 is 2.75 bits per heavy atom. The van der Waals surface area contributed by atoms with E-state index in [2.05, 4.69) is 59.3 Å². The molecule has 1 aromatic carbocycles. The maximum atomic E-state index is 2.38. The topological polar surface area (TPSA) is 4.93 Å². The lowest BCUT2D eigenvalue weighted by Crippen LogP contribution is -1.99. The number of rotatable bonds is 2. The van der Waals surface area contributed by atoms with E-state index < -0.39 is 0 Å². The monoisotopic (exact) mass is 227 g/mol. The van der Waals surface area contributed by atoms with Gasteiger partial charge in [0.25, 0.3) is 0 Å². The Balaban J connectivity index is 2.06. The molecule has 0 bridgehead atoms. The lowest BCUT2D eigenvalue weighted by Gasteiger charge is -2.06. The van der Waals surface area contributed by atoms with Crippen LogP contribution in [-0.4, -0.2) is 4.57 Å². The highest BCUT2D eigenvalue weighted by Gasteiger charge is 2.06. The fourth-order valence-electron chi connectivity index (χ4n) is 2.07. The number of hydrogen-bond acceptors (Lipinski definition) is 1. The third-order valence-corrected chi connectivity index (χ3v) is 3.84. The zero-order valence-electron chi connectivity index (χ0n) is 9.18. The fraction of sp³-hybridized carbons (Fsp3) is 0.143. The Labute approximate surface area is 99.0 Å².